The van der Waals surface area contributed by atoms with Gasteiger partial charge >= 0.3 is 0 Å². The van der Waals surface area contributed by atoms with E-state index in [-0.39, 0.29) is 17.6 Å². The van der Waals surface area contributed by atoms with Crippen molar-refractivity contribution in [2.75, 3.05) is 13.1 Å². The van der Waals surface area contributed by atoms with Crippen LogP contribution in [0.1, 0.15) is 29.3 Å². The minimum Gasteiger partial charge on any atom is -0.338 e. The van der Waals surface area contributed by atoms with Gasteiger partial charge in [-0.2, -0.15) is 0 Å². The molecule has 1 saturated heterocycles. The number of hydrogen-bond donors (Lipinski definition) is 0. The fourth-order valence-electron chi connectivity index (χ4n) is 3.32. The zero-order valence-electron chi connectivity index (χ0n) is 14.3. The molecule has 1 atom stereocenters. The predicted octanol–water partition coefficient (Wildman–Crippen LogP) is 4.85. The minimum atomic E-state index is -0.317. The van der Waals surface area contributed by atoms with E-state index in [2.05, 4.69) is 6.07 Å². The average molecular weight is 366 g/mol. The lowest BCUT2D eigenvalue weighted by molar-refractivity contribution is -0.127. The number of carbonyl (C=O) groups is 1. The highest BCUT2D eigenvalue weighted by molar-refractivity contribution is 7.18. The molecule has 1 amide bonds. The lowest BCUT2D eigenvalue weighted by Crippen LogP contribution is -2.38. The smallest absolute Gasteiger partial charge is 0.246 e. The number of thiazole rings is 1. The average Bonchev–Trinajstić information content (AvgIpc) is 3.11. The Kier molecular flexibility index (Phi) is 4.80. The van der Waals surface area contributed by atoms with Gasteiger partial charge in [0.15, 0.2) is 0 Å². The van der Waals surface area contributed by atoms with E-state index in [4.69, 9.17) is 4.98 Å². The first-order valence-corrected chi connectivity index (χ1v) is 9.59. The number of rotatable bonds is 3. The third-order valence-electron chi connectivity index (χ3n) is 4.70. The molecule has 0 unspecified atom stereocenters. The molecule has 1 aliphatic rings. The number of piperidine rings is 1. The summed E-state index contributed by atoms with van der Waals surface area (Å²) >= 11 is 1.71. The fourth-order valence-corrected chi connectivity index (χ4v) is 4.41. The van der Waals surface area contributed by atoms with Crippen molar-refractivity contribution in [3.05, 3.63) is 71.0 Å². The number of likely N-dealkylation sites (tertiary alicyclic amines) is 1. The van der Waals surface area contributed by atoms with E-state index < -0.39 is 0 Å². The summed E-state index contributed by atoms with van der Waals surface area (Å²) in [6.45, 7) is 1.40. The first-order valence-electron chi connectivity index (χ1n) is 8.78. The molecule has 4 rings (SSSR count). The van der Waals surface area contributed by atoms with Crippen LogP contribution in [0.25, 0.3) is 16.3 Å². The predicted molar refractivity (Wildman–Crippen MR) is 104 cm³/mol. The number of benzene rings is 2. The van der Waals surface area contributed by atoms with Crippen LogP contribution >= 0.6 is 11.3 Å². The highest BCUT2D eigenvalue weighted by Gasteiger charge is 2.26. The SMILES string of the molecule is O=C(/C=C/c1ccccc1F)N1CCC[C@H](c2nc3ccccc3s2)C1. The van der Waals surface area contributed by atoms with Gasteiger partial charge in [0.25, 0.3) is 0 Å². The Labute approximate surface area is 155 Å². The van der Waals surface area contributed by atoms with Gasteiger partial charge < -0.3 is 4.90 Å². The Morgan fingerprint density at radius 2 is 2.00 bits per heavy atom. The minimum absolute atomic E-state index is 0.0703. The van der Waals surface area contributed by atoms with Crippen LogP contribution in [-0.2, 0) is 4.79 Å². The third kappa shape index (κ3) is 3.53. The molecule has 3 nitrogen and oxygen atoms in total. The van der Waals surface area contributed by atoms with Gasteiger partial charge in [-0.15, -0.1) is 11.3 Å². The molecule has 0 spiro atoms. The molecule has 1 aliphatic heterocycles. The highest BCUT2D eigenvalue weighted by Crippen LogP contribution is 2.33. The summed E-state index contributed by atoms with van der Waals surface area (Å²) in [6.07, 6.45) is 5.03. The van der Waals surface area contributed by atoms with Crippen LogP contribution in [0.3, 0.4) is 0 Å². The van der Waals surface area contributed by atoms with E-state index in [9.17, 15) is 9.18 Å². The summed E-state index contributed by atoms with van der Waals surface area (Å²) in [4.78, 5) is 19.1. The van der Waals surface area contributed by atoms with Crippen molar-refractivity contribution >= 4 is 33.5 Å². The Morgan fingerprint density at radius 1 is 1.19 bits per heavy atom. The molecule has 5 heteroatoms. The van der Waals surface area contributed by atoms with Crippen molar-refractivity contribution in [2.45, 2.75) is 18.8 Å². The van der Waals surface area contributed by atoms with E-state index in [1.54, 1.807) is 35.6 Å². The van der Waals surface area contributed by atoms with Crippen molar-refractivity contribution < 1.29 is 9.18 Å². The molecule has 0 aliphatic carbocycles. The number of para-hydroxylation sites is 1. The number of nitrogens with zero attached hydrogens (tertiary/aromatic N) is 2. The van der Waals surface area contributed by atoms with E-state index in [0.717, 1.165) is 29.9 Å². The van der Waals surface area contributed by atoms with Crippen molar-refractivity contribution in [1.82, 2.24) is 9.88 Å². The van der Waals surface area contributed by atoms with Gasteiger partial charge in [0.2, 0.25) is 5.91 Å². The first kappa shape index (κ1) is 16.9. The van der Waals surface area contributed by atoms with E-state index in [1.165, 1.54) is 16.8 Å². The van der Waals surface area contributed by atoms with Gasteiger partial charge in [0, 0.05) is 30.6 Å². The van der Waals surface area contributed by atoms with Crippen LogP contribution in [0.15, 0.2) is 54.6 Å². The standard InChI is InChI=1S/C21H19FN2OS/c22-17-8-2-1-6-15(17)11-12-20(25)24-13-5-7-16(14-24)21-23-18-9-3-4-10-19(18)26-21/h1-4,6,8-12,16H,5,7,13-14H2/b12-11+/t16-/m0/s1. The van der Waals surface area contributed by atoms with Gasteiger partial charge in [-0.3, -0.25) is 4.79 Å². The van der Waals surface area contributed by atoms with Crippen LogP contribution < -0.4 is 0 Å². The molecule has 26 heavy (non-hydrogen) atoms. The molecular weight excluding hydrogens is 347 g/mol. The maximum atomic E-state index is 13.7. The van der Waals surface area contributed by atoms with E-state index in [1.807, 2.05) is 23.1 Å². The van der Waals surface area contributed by atoms with Crippen LogP contribution in [0.4, 0.5) is 4.39 Å². The van der Waals surface area contributed by atoms with Crippen LogP contribution in [0.2, 0.25) is 0 Å². The van der Waals surface area contributed by atoms with Gasteiger partial charge in [-0.25, -0.2) is 9.37 Å². The van der Waals surface area contributed by atoms with Gasteiger partial charge in [-0.1, -0.05) is 30.3 Å². The zero-order chi connectivity index (χ0) is 17.9. The number of amides is 1. The van der Waals surface area contributed by atoms with Crippen molar-refractivity contribution in [2.24, 2.45) is 0 Å². The molecule has 2 heterocycles. The molecule has 1 fully saturated rings. The summed E-state index contributed by atoms with van der Waals surface area (Å²) < 4.78 is 14.9. The Morgan fingerprint density at radius 3 is 2.85 bits per heavy atom. The lowest BCUT2D eigenvalue weighted by atomic mass is 9.98. The fraction of sp³-hybridized carbons (Fsp3) is 0.238. The number of fused-ring (bicyclic) bond motifs is 1. The summed E-state index contributed by atoms with van der Waals surface area (Å²) in [5.41, 5.74) is 1.45. The zero-order valence-corrected chi connectivity index (χ0v) is 15.1. The summed E-state index contributed by atoms with van der Waals surface area (Å²) in [5, 5.41) is 1.10. The second-order valence-corrected chi connectivity index (χ2v) is 7.56. The number of halogens is 1. The van der Waals surface area contributed by atoms with Gasteiger partial charge in [0.1, 0.15) is 5.82 Å². The Hall–Kier alpha value is -2.53. The monoisotopic (exact) mass is 366 g/mol. The molecular formula is C21H19FN2OS. The van der Waals surface area contributed by atoms with Crippen molar-refractivity contribution in [3.63, 3.8) is 0 Å². The second-order valence-electron chi connectivity index (χ2n) is 6.50. The molecule has 0 saturated carbocycles. The molecule has 132 valence electrons. The second kappa shape index (κ2) is 7.38. The molecule has 0 radical (unpaired) electrons. The van der Waals surface area contributed by atoms with E-state index >= 15 is 0 Å². The maximum Gasteiger partial charge on any atom is 0.246 e. The first-order chi connectivity index (χ1) is 12.7. The summed E-state index contributed by atoms with van der Waals surface area (Å²) in [7, 11) is 0. The lowest BCUT2D eigenvalue weighted by Gasteiger charge is -2.31. The molecule has 0 bridgehead atoms. The van der Waals surface area contributed by atoms with Crippen LogP contribution in [0, 0.1) is 5.82 Å². The van der Waals surface area contributed by atoms with Crippen molar-refractivity contribution in [3.8, 4) is 0 Å². The summed E-state index contributed by atoms with van der Waals surface area (Å²) in [5.74, 6) is -0.117. The van der Waals surface area contributed by atoms with Gasteiger partial charge in [-0.05, 0) is 37.1 Å². The quantitative estimate of drug-likeness (QED) is 0.621. The normalized spacial score (nSPS) is 17.9. The van der Waals surface area contributed by atoms with E-state index in [0.29, 0.717) is 12.1 Å². The largest absolute Gasteiger partial charge is 0.338 e. The summed E-state index contributed by atoms with van der Waals surface area (Å²) in [6, 6.07) is 14.6. The number of hydrogen-bond acceptors (Lipinski definition) is 3. The van der Waals surface area contributed by atoms with Crippen LogP contribution in [0.5, 0.6) is 0 Å². The highest BCUT2D eigenvalue weighted by atomic mass is 32.1. The topological polar surface area (TPSA) is 33.2 Å². The van der Waals surface area contributed by atoms with Crippen molar-refractivity contribution in [1.29, 1.82) is 0 Å². The number of aromatic nitrogens is 1. The Balaban J connectivity index is 1.47. The van der Waals surface area contributed by atoms with Gasteiger partial charge in [0.05, 0.1) is 15.2 Å². The third-order valence-corrected chi connectivity index (χ3v) is 5.90. The molecule has 0 N–H and O–H groups in total. The van der Waals surface area contributed by atoms with Crippen LogP contribution in [-0.4, -0.2) is 28.9 Å². The molecule has 1 aromatic heterocycles. The maximum absolute atomic E-state index is 13.7. The number of carbonyl (C=O) groups excluding carboxylic acids is 1. The Bertz CT molecular complexity index is 932. The molecule has 3 aromatic rings. The molecule has 2 aromatic carbocycles.